The lowest BCUT2D eigenvalue weighted by Crippen LogP contribution is -2.41. The van der Waals surface area contributed by atoms with Gasteiger partial charge in [-0.25, -0.2) is 39.7 Å². The summed E-state index contributed by atoms with van der Waals surface area (Å²) in [5.74, 6) is -1.89. The molecule has 1 saturated heterocycles. The number of carbonyl (C=O) groups is 3. The van der Waals surface area contributed by atoms with Gasteiger partial charge in [0.25, 0.3) is 5.91 Å². The van der Waals surface area contributed by atoms with Crippen LogP contribution in [0.2, 0.25) is 0 Å². The Bertz CT molecular complexity index is 5340. The predicted molar refractivity (Wildman–Crippen MR) is 387 cm³/mol. The van der Waals surface area contributed by atoms with E-state index in [-0.39, 0.29) is 17.2 Å². The third-order valence-corrected chi connectivity index (χ3v) is 18.2. The molecule has 13 aromatic heterocycles. The molecular weight excluding hydrogens is 1490 g/mol. The SMILES string of the molecule is CCNC(=O)c1cc(CC)c2cnn(C)c2n1.CCc1cc(C#N)nc2c1cnn2C.CCc1cc(C(=O)O)nc2c1cnn2C.Cn1ncc2c(B3OC(C)(C)C(C)(C)O3)cc(C#N)nc21.Cn1ncc2c(Br)cc(C#N)nc21.Cn1ncc2c(Br)ccnc21.O=Cc1c(Br)ccnc1F. The van der Waals surface area contributed by atoms with Gasteiger partial charge in [0, 0.05) is 96.2 Å². The Morgan fingerprint density at radius 2 is 0.911 bits per heavy atom. The van der Waals surface area contributed by atoms with Gasteiger partial charge < -0.3 is 19.7 Å². The number of hydrogen-bond donors (Lipinski definition) is 2. The molecule has 2 N–H and O–H groups in total. The van der Waals surface area contributed by atoms with Crippen LogP contribution in [0.1, 0.15) is 120 Å². The third kappa shape index (κ3) is 17.1. The van der Waals surface area contributed by atoms with Crippen LogP contribution in [0.5, 0.6) is 0 Å². The molecule has 0 spiro atoms. The molecule has 1 amide bonds. The van der Waals surface area contributed by atoms with Gasteiger partial charge >= 0.3 is 13.1 Å². The van der Waals surface area contributed by atoms with E-state index in [2.05, 4.69) is 145 Å². The van der Waals surface area contributed by atoms with E-state index in [0.29, 0.717) is 57.0 Å². The molecule has 14 rings (SSSR count). The smallest absolute Gasteiger partial charge is 0.477 e. The van der Waals surface area contributed by atoms with Gasteiger partial charge in [0.15, 0.2) is 45.9 Å². The van der Waals surface area contributed by atoms with Gasteiger partial charge in [-0.1, -0.05) is 20.8 Å². The minimum atomic E-state index is -1.01. The molecule has 1 fully saturated rings. The Labute approximate surface area is 603 Å². The van der Waals surface area contributed by atoms with E-state index in [9.17, 15) is 24.0 Å². The van der Waals surface area contributed by atoms with Crippen LogP contribution in [0.25, 0.3) is 66.2 Å². The van der Waals surface area contributed by atoms with Crippen molar-refractivity contribution >= 4 is 145 Å². The molecule has 0 aliphatic carbocycles. The summed E-state index contributed by atoms with van der Waals surface area (Å²) in [6, 6.07) is 18.2. The van der Waals surface area contributed by atoms with Crippen LogP contribution in [-0.2, 0) is 70.9 Å². The van der Waals surface area contributed by atoms with Crippen LogP contribution in [0, 0.1) is 39.9 Å². The van der Waals surface area contributed by atoms with Crippen LogP contribution < -0.4 is 10.8 Å². The maximum atomic E-state index is 12.5. The molecule has 0 saturated carbocycles. The normalized spacial score (nSPS) is 12.4. The number of hydrogen-bond acceptors (Lipinski definition) is 21. The van der Waals surface area contributed by atoms with E-state index in [1.807, 2.05) is 87.0 Å². The number of carboxylic acid groups (broad SMARTS) is 1. The van der Waals surface area contributed by atoms with Gasteiger partial charge in [-0.2, -0.15) is 50.8 Å². The fraction of sp³-hybridized carbons (Fsp3) is 0.299. The lowest BCUT2D eigenvalue weighted by molar-refractivity contribution is 0.00578. The molecular formula is C67H68BBr3FN23O6. The lowest BCUT2D eigenvalue weighted by atomic mass is 9.77. The first-order valence-corrected chi connectivity index (χ1v) is 33.5. The molecule has 0 radical (unpaired) electrons. The van der Waals surface area contributed by atoms with Crippen molar-refractivity contribution in [1.29, 1.82) is 15.8 Å². The Balaban J connectivity index is 0.000000152. The van der Waals surface area contributed by atoms with Crippen molar-refractivity contribution in [1.82, 2.24) is 98.9 Å². The Morgan fingerprint density at radius 3 is 1.35 bits per heavy atom. The van der Waals surface area contributed by atoms with E-state index in [1.54, 1.807) is 111 Å². The molecule has 13 aromatic rings. The van der Waals surface area contributed by atoms with E-state index >= 15 is 0 Å². The summed E-state index contributed by atoms with van der Waals surface area (Å²) in [6.07, 6.45) is 16.5. The molecule has 0 atom stereocenters. The predicted octanol–water partition coefficient (Wildman–Crippen LogP) is 10.2. The van der Waals surface area contributed by atoms with Crippen LogP contribution in [0.3, 0.4) is 0 Å². The second kappa shape index (κ2) is 33.0. The zero-order chi connectivity index (χ0) is 73.8. The molecule has 0 unspecified atom stereocenters. The Hall–Kier alpha value is -10.7. The van der Waals surface area contributed by atoms with Crippen molar-refractivity contribution in [3.05, 3.63) is 162 Å². The number of carbonyl (C=O) groups excluding carboxylic acids is 2. The Morgan fingerprint density at radius 1 is 0.535 bits per heavy atom. The van der Waals surface area contributed by atoms with Crippen molar-refractivity contribution in [3.63, 3.8) is 0 Å². The number of aromatic nitrogens is 19. The van der Waals surface area contributed by atoms with Crippen molar-refractivity contribution in [2.24, 2.45) is 42.3 Å². The number of aldehydes is 1. The average molecular weight is 1560 g/mol. The van der Waals surface area contributed by atoms with Gasteiger partial charge in [0.1, 0.15) is 41.0 Å². The summed E-state index contributed by atoms with van der Waals surface area (Å²) in [5, 5.41) is 68.8. The number of nitriles is 3. The molecule has 1 aliphatic heterocycles. The molecule has 0 aromatic carbocycles. The number of halogens is 4. The zero-order valence-electron chi connectivity index (χ0n) is 57.5. The molecule has 101 heavy (non-hydrogen) atoms. The van der Waals surface area contributed by atoms with Crippen molar-refractivity contribution in [2.75, 3.05) is 6.54 Å². The molecule has 1 aliphatic rings. The second-order valence-corrected chi connectivity index (χ2v) is 25.7. The van der Waals surface area contributed by atoms with E-state index in [1.165, 1.54) is 12.3 Å². The van der Waals surface area contributed by atoms with E-state index in [0.717, 1.165) is 99.6 Å². The van der Waals surface area contributed by atoms with Crippen LogP contribution in [-0.4, -0.2) is 142 Å². The molecule has 29 nitrogen and oxygen atoms in total. The van der Waals surface area contributed by atoms with Crippen LogP contribution >= 0.6 is 47.8 Å². The minimum Gasteiger partial charge on any atom is -0.477 e. The molecule has 14 heterocycles. The minimum absolute atomic E-state index is 0.0394. The van der Waals surface area contributed by atoms with Gasteiger partial charge in [-0.05, 0) is 166 Å². The standard InChI is InChI=1S/C14H17BN4O2.C12H16N4O.C10H10N4.C10H11N3O2.C8H5BrN4.C7H6BrN3.C6H3BrFNO/c1-13(2)14(3,4)21-15(20-13)11-6-9(7-16)18-12-10(11)8-17-19(12)5;1-4-8-6-10(12(17)13-5-2)15-11-9(8)7-14-16(11)3;1-3-7-4-8(5-11)13-10-9(7)6-12-14(10)2;1-3-6-4-8(10(14)15)12-9-7(6)5-11-13(9)2;1-13-8-6(4-11-13)7(9)2-5(3-10)12-8;1-11-7-5(4-10-11)6(8)2-3-9-7;7-5-1-2-9-6(8)4(5)3-10/h6,8H,1-5H3;6-7H,4-5H2,1-3H3,(H,13,17);4,6H,3H2,1-2H3;4-5H,3H2,1-2H3,(H,14,15);2,4H,1H3;2-4H,1H3;1-3H. The quantitative estimate of drug-likeness (QED) is 0.0811. The maximum Gasteiger partial charge on any atom is 0.495 e. The number of nitrogens with one attached hydrogen (secondary N) is 1. The number of carboxylic acids is 1. The van der Waals surface area contributed by atoms with E-state index in [4.69, 9.17) is 24.9 Å². The van der Waals surface area contributed by atoms with Gasteiger partial charge in [0.05, 0.1) is 64.7 Å². The largest absolute Gasteiger partial charge is 0.495 e. The number of amides is 1. The summed E-state index contributed by atoms with van der Waals surface area (Å²) in [5.41, 5.74) is 9.21. The molecule has 518 valence electrons. The first kappa shape index (κ1) is 76.1. The highest BCUT2D eigenvalue weighted by atomic mass is 79.9. The highest BCUT2D eigenvalue weighted by molar-refractivity contribution is 9.11. The van der Waals surface area contributed by atoms with Gasteiger partial charge in [-0.15, -0.1) is 0 Å². The average Bonchev–Trinajstić information content (AvgIpc) is 1.62. The molecule has 34 heteroatoms. The second-order valence-electron chi connectivity index (χ2n) is 23.2. The zero-order valence-corrected chi connectivity index (χ0v) is 62.2. The summed E-state index contributed by atoms with van der Waals surface area (Å²) in [6.45, 7) is 16.6. The fourth-order valence-electron chi connectivity index (χ4n) is 9.99. The number of fused-ring (bicyclic) bond motifs is 6. The van der Waals surface area contributed by atoms with Crippen molar-refractivity contribution in [3.8, 4) is 18.2 Å². The van der Waals surface area contributed by atoms with Crippen molar-refractivity contribution < 1.29 is 33.2 Å². The monoisotopic (exact) mass is 1560 g/mol. The summed E-state index contributed by atoms with van der Waals surface area (Å²) < 4.78 is 36.9. The Kier molecular flexibility index (Phi) is 24.8. The summed E-state index contributed by atoms with van der Waals surface area (Å²) in [7, 11) is 10.3. The van der Waals surface area contributed by atoms with Crippen LogP contribution in [0.4, 0.5) is 4.39 Å². The first-order chi connectivity index (χ1) is 48.1. The summed E-state index contributed by atoms with van der Waals surface area (Å²) in [4.78, 5) is 61.2. The number of aryl methyl sites for hydroxylation is 9. The maximum absolute atomic E-state index is 12.5. The van der Waals surface area contributed by atoms with E-state index < -0.39 is 30.2 Å². The van der Waals surface area contributed by atoms with Crippen LogP contribution in [0.15, 0.2) is 105 Å². The van der Waals surface area contributed by atoms with Crippen molar-refractivity contribution in [2.45, 2.75) is 85.9 Å². The topological polar surface area (TPSA) is 370 Å². The van der Waals surface area contributed by atoms with Gasteiger partial charge in [-0.3, -0.25) is 37.7 Å². The fourth-order valence-corrected chi connectivity index (χ4v) is 11.3. The highest BCUT2D eigenvalue weighted by Crippen LogP contribution is 2.37. The lowest BCUT2D eigenvalue weighted by Gasteiger charge is -2.32. The third-order valence-electron chi connectivity index (χ3n) is 16.1. The number of pyridine rings is 7. The summed E-state index contributed by atoms with van der Waals surface area (Å²) >= 11 is 9.77. The number of nitrogens with zero attached hydrogens (tertiary/aromatic N) is 22. The van der Waals surface area contributed by atoms with Gasteiger partial charge in [0.2, 0.25) is 5.95 Å². The molecule has 0 bridgehead atoms. The number of aromatic carboxylic acids is 1. The number of rotatable bonds is 8. The highest BCUT2D eigenvalue weighted by Gasteiger charge is 2.52. The first-order valence-electron chi connectivity index (χ1n) is 31.1.